The highest BCUT2D eigenvalue weighted by atomic mass is 32.2. The van der Waals surface area contributed by atoms with Crippen LogP contribution in [0.15, 0.2) is 16.5 Å². The van der Waals surface area contributed by atoms with Crippen molar-refractivity contribution in [3.63, 3.8) is 0 Å². The van der Waals surface area contributed by atoms with Gasteiger partial charge in [-0.15, -0.1) is 0 Å². The van der Waals surface area contributed by atoms with Gasteiger partial charge in [-0.1, -0.05) is 0 Å². The molecule has 0 bridgehead atoms. The number of hydrogen-bond donors (Lipinski definition) is 1. The van der Waals surface area contributed by atoms with Gasteiger partial charge in [0.25, 0.3) is 0 Å². The number of nitrogens with zero attached hydrogens (tertiary/aromatic N) is 1. The third-order valence-corrected chi connectivity index (χ3v) is 5.67. The van der Waals surface area contributed by atoms with Gasteiger partial charge in [-0.2, -0.15) is 0 Å². The SMILES string of the molecule is Cc1ccc(CN2CCC3(CC2)C[C@@H]3CNS(C)(=O)=O)o1. The van der Waals surface area contributed by atoms with Crippen LogP contribution in [0, 0.1) is 18.3 Å². The lowest BCUT2D eigenvalue weighted by atomic mass is 9.91. The van der Waals surface area contributed by atoms with E-state index in [-0.39, 0.29) is 0 Å². The van der Waals surface area contributed by atoms with Gasteiger partial charge >= 0.3 is 0 Å². The van der Waals surface area contributed by atoms with E-state index in [4.69, 9.17) is 4.42 Å². The van der Waals surface area contributed by atoms with E-state index in [1.807, 2.05) is 13.0 Å². The Kier molecular flexibility index (Phi) is 3.88. The fourth-order valence-electron chi connectivity index (χ4n) is 3.53. The molecule has 0 aromatic carbocycles. The van der Waals surface area contributed by atoms with Crippen LogP contribution in [0.2, 0.25) is 0 Å². The van der Waals surface area contributed by atoms with Crippen LogP contribution >= 0.6 is 0 Å². The maximum absolute atomic E-state index is 11.2. The number of furan rings is 1. The molecule has 5 nitrogen and oxygen atoms in total. The van der Waals surface area contributed by atoms with Gasteiger partial charge < -0.3 is 4.42 Å². The van der Waals surface area contributed by atoms with Gasteiger partial charge in [0.2, 0.25) is 10.0 Å². The van der Waals surface area contributed by atoms with Crippen LogP contribution in [0.25, 0.3) is 0 Å². The Morgan fingerprint density at radius 3 is 2.67 bits per heavy atom. The van der Waals surface area contributed by atoms with Crippen LogP contribution in [0.5, 0.6) is 0 Å². The predicted molar refractivity (Wildman–Crippen MR) is 81.3 cm³/mol. The maximum Gasteiger partial charge on any atom is 0.208 e. The standard InChI is InChI=1S/C15H24N2O3S/c1-12-3-4-14(20-12)11-17-7-5-15(6-8-17)9-13(15)10-16-21(2,18)19/h3-4,13,16H,5-11H2,1-2H3/t13-/m1/s1. The largest absolute Gasteiger partial charge is 0.465 e. The Bertz CT molecular complexity index is 600. The molecule has 2 heterocycles. The van der Waals surface area contributed by atoms with E-state index >= 15 is 0 Å². The summed E-state index contributed by atoms with van der Waals surface area (Å²) >= 11 is 0. The lowest BCUT2D eigenvalue weighted by molar-refractivity contribution is 0.147. The fourth-order valence-corrected chi connectivity index (χ4v) is 4.04. The number of likely N-dealkylation sites (tertiary alicyclic amines) is 1. The van der Waals surface area contributed by atoms with Gasteiger partial charge in [-0.3, -0.25) is 4.90 Å². The van der Waals surface area contributed by atoms with Gasteiger partial charge in [-0.05, 0) is 62.7 Å². The van der Waals surface area contributed by atoms with Gasteiger partial charge in [0.15, 0.2) is 0 Å². The number of hydrogen-bond acceptors (Lipinski definition) is 4. The first-order chi connectivity index (χ1) is 9.86. The van der Waals surface area contributed by atoms with Gasteiger partial charge in [-0.25, -0.2) is 13.1 Å². The topological polar surface area (TPSA) is 62.6 Å². The summed E-state index contributed by atoms with van der Waals surface area (Å²) in [5.74, 6) is 2.53. The number of piperidine rings is 1. The predicted octanol–water partition coefficient (Wildman–Crippen LogP) is 1.74. The molecule has 2 fully saturated rings. The van der Waals surface area contributed by atoms with Crippen molar-refractivity contribution in [3.05, 3.63) is 23.7 Å². The van der Waals surface area contributed by atoms with Crippen molar-refractivity contribution in [1.82, 2.24) is 9.62 Å². The molecule has 1 atom stereocenters. The van der Waals surface area contributed by atoms with Crippen LogP contribution in [0.4, 0.5) is 0 Å². The molecule has 1 aromatic heterocycles. The number of rotatable bonds is 5. The Hall–Kier alpha value is -0.850. The molecule has 1 saturated heterocycles. The first-order valence-corrected chi connectivity index (χ1v) is 9.48. The number of nitrogens with one attached hydrogen (secondary N) is 1. The molecule has 1 spiro atoms. The summed E-state index contributed by atoms with van der Waals surface area (Å²) in [5, 5.41) is 0. The van der Waals surface area contributed by atoms with Crippen molar-refractivity contribution < 1.29 is 12.8 Å². The third kappa shape index (κ3) is 3.67. The molecule has 1 N–H and O–H groups in total. The van der Waals surface area contributed by atoms with Crippen LogP contribution in [0.3, 0.4) is 0 Å². The quantitative estimate of drug-likeness (QED) is 0.899. The second-order valence-electron chi connectivity index (χ2n) is 6.67. The molecule has 0 radical (unpaired) electrons. The molecule has 1 aromatic rings. The highest BCUT2D eigenvalue weighted by molar-refractivity contribution is 7.88. The summed E-state index contributed by atoms with van der Waals surface area (Å²) in [6, 6.07) is 4.06. The van der Waals surface area contributed by atoms with Crippen molar-refractivity contribution in [2.75, 3.05) is 25.9 Å². The summed E-state index contributed by atoms with van der Waals surface area (Å²) in [4.78, 5) is 2.43. The number of aryl methyl sites for hydroxylation is 1. The molecule has 1 aliphatic heterocycles. The number of sulfonamides is 1. The van der Waals surface area contributed by atoms with E-state index in [1.165, 1.54) is 25.5 Å². The van der Waals surface area contributed by atoms with Crippen molar-refractivity contribution >= 4 is 10.0 Å². The van der Waals surface area contributed by atoms with Gasteiger partial charge in [0.05, 0.1) is 12.8 Å². The highest BCUT2D eigenvalue weighted by Crippen LogP contribution is 2.59. The lowest BCUT2D eigenvalue weighted by Crippen LogP contribution is -2.35. The fraction of sp³-hybridized carbons (Fsp3) is 0.733. The Balaban J connectivity index is 1.46. The summed E-state index contributed by atoms with van der Waals surface area (Å²) in [6.45, 7) is 5.62. The van der Waals surface area contributed by atoms with E-state index in [9.17, 15) is 8.42 Å². The van der Waals surface area contributed by atoms with Crippen molar-refractivity contribution in [3.8, 4) is 0 Å². The molecule has 0 amide bonds. The van der Waals surface area contributed by atoms with E-state index in [1.54, 1.807) is 0 Å². The third-order valence-electron chi connectivity index (χ3n) is 4.98. The average Bonchev–Trinajstić information content (AvgIpc) is 2.92. The summed E-state index contributed by atoms with van der Waals surface area (Å²) in [6.07, 6.45) is 4.74. The maximum atomic E-state index is 11.2. The van der Waals surface area contributed by atoms with Gasteiger partial charge in [0, 0.05) is 6.54 Å². The molecule has 2 aliphatic rings. The van der Waals surface area contributed by atoms with Crippen LogP contribution in [-0.2, 0) is 16.6 Å². The molecular weight excluding hydrogens is 288 g/mol. The monoisotopic (exact) mass is 312 g/mol. The Morgan fingerprint density at radius 1 is 1.38 bits per heavy atom. The molecule has 1 aliphatic carbocycles. The molecule has 21 heavy (non-hydrogen) atoms. The molecule has 0 unspecified atom stereocenters. The smallest absolute Gasteiger partial charge is 0.208 e. The van der Waals surface area contributed by atoms with Gasteiger partial charge in [0.1, 0.15) is 11.5 Å². The first-order valence-electron chi connectivity index (χ1n) is 7.59. The molecule has 1 saturated carbocycles. The minimum absolute atomic E-state index is 0.396. The minimum atomic E-state index is -3.06. The van der Waals surface area contributed by atoms with E-state index in [2.05, 4.69) is 15.7 Å². The normalized spacial score (nSPS) is 25.3. The first kappa shape index (κ1) is 15.1. The lowest BCUT2D eigenvalue weighted by Gasteiger charge is -2.32. The van der Waals surface area contributed by atoms with E-state index in [0.29, 0.717) is 17.9 Å². The zero-order valence-electron chi connectivity index (χ0n) is 12.8. The second kappa shape index (κ2) is 5.41. The minimum Gasteiger partial charge on any atom is -0.465 e. The Morgan fingerprint density at radius 2 is 2.10 bits per heavy atom. The second-order valence-corrected chi connectivity index (χ2v) is 8.51. The van der Waals surface area contributed by atoms with Crippen LogP contribution < -0.4 is 4.72 Å². The highest BCUT2D eigenvalue weighted by Gasteiger charge is 2.54. The molecule has 6 heteroatoms. The van der Waals surface area contributed by atoms with Crippen molar-refractivity contribution in [2.24, 2.45) is 11.3 Å². The molecule has 3 rings (SSSR count). The summed E-state index contributed by atoms with van der Waals surface area (Å²) < 4.78 is 30.6. The zero-order chi connectivity index (χ0) is 15.1. The molecule has 118 valence electrons. The Labute approximate surface area is 126 Å². The van der Waals surface area contributed by atoms with Crippen LogP contribution in [0.1, 0.15) is 30.8 Å². The zero-order valence-corrected chi connectivity index (χ0v) is 13.6. The van der Waals surface area contributed by atoms with Crippen LogP contribution in [-0.4, -0.2) is 39.2 Å². The average molecular weight is 312 g/mol. The molecular formula is C15H24N2O3S. The summed E-state index contributed by atoms with van der Waals surface area (Å²) in [5.41, 5.74) is 0.396. The van der Waals surface area contributed by atoms with Crippen molar-refractivity contribution in [1.29, 1.82) is 0 Å². The van der Waals surface area contributed by atoms with E-state index in [0.717, 1.165) is 31.2 Å². The summed E-state index contributed by atoms with van der Waals surface area (Å²) in [7, 11) is -3.06. The van der Waals surface area contributed by atoms with E-state index < -0.39 is 10.0 Å². The van der Waals surface area contributed by atoms with Crippen molar-refractivity contribution in [2.45, 2.75) is 32.7 Å².